The third kappa shape index (κ3) is 4.48. The first-order chi connectivity index (χ1) is 10.1. The van der Waals surface area contributed by atoms with Crippen LogP contribution in [-0.2, 0) is 13.2 Å². The molecule has 0 fully saturated rings. The van der Waals surface area contributed by atoms with Crippen LogP contribution in [-0.4, -0.2) is 6.54 Å². The molecule has 0 saturated heterocycles. The predicted octanol–water partition coefficient (Wildman–Crippen LogP) is 4.65. The second-order valence-corrected chi connectivity index (χ2v) is 5.64. The summed E-state index contributed by atoms with van der Waals surface area (Å²) in [6.45, 7) is 8.55. The molecule has 3 heteroatoms. The summed E-state index contributed by atoms with van der Waals surface area (Å²) in [4.78, 5) is 0. The average molecular weight is 304 g/mol. The van der Waals surface area contributed by atoms with E-state index >= 15 is 0 Å². The molecule has 0 amide bonds. The normalized spacial score (nSPS) is 10.7. The number of nitrogens with one attached hydrogen (secondary N) is 1. The van der Waals surface area contributed by atoms with Crippen LogP contribution in [0.15, 0.2) is 36.4 Å². The van der Waals surface area contributed by atoms with E-state index in [-0.39, 0.29) is 0 Å². The first-order valence-corrected chi connectivity index (χ1v) is 7.66. The van der Waals surface area contributed by atoms with Crippen molar-refractivity contribution < 1.29 is 4.74 Å². The van der Waals surface area contributed by atoms with E-state index in [4.69, 9.17) is 16.3 Å². The fourth-order valence-electron chi connectivity index (χ4n) is 2.25. The molecule has 0 aliphatic heterocycles. The lowest BCUT2D eigenvalue weighted by Gasteiger charge is -2.11. The van der Waals surface area contributed by atoms with E-state index in [0.717, 1.165) is 35.0 Å². The second kappa shape index (κ2) is 7.48. The van der Waals surface area contributed by atoms with Gasteiger partial charge in [-0.3, -0.25) is 0 Å². The summed E-state index contributed by atoms with van der Waals surface area (Å²) in [6, 6.07) is 12.4. The Morgan fingerprint density at radius 1 is 1.05 bits per heavy atom. The Balaban J connectivity index is 2.03. The van der Waals surface area contributed by atoms with Crippen LogP contribution < -0.4 is 10.1 Å². The van der Waals surface area contributed by atoms with Gasteiger partial charge in [-0.2, -0.15) is 0 Å². The maximum atomic E-state index is 6.17. The van der Waals surface area contributed by atoms with Crippen molar-refractivity contribution in [1.82, 2.24) is 5.32 Å². The minimum absolute atomic E-state index is 0.570. The molecule has 2 nitrogen and oxygen atoms in total. The zero-order chi connectivity index (χ0) is 15.2. The molecule has 0 atom stereocenters. The predicted molar refractivity (Wildman–Crippen MR) is 89.1 cm³/mol. The first kappa shape index (κ1) is 15.9. The third-order valence-corrected chi connectivity index (χ3v) is 3.98. The fraction of sp³-hybridized carbons (Fsp3) is 0.333. The van der Waals surface area contributed by atoms with Gasteiger partial charge in [-0.15, -0.1) is 0 Å². The van der Waals surface area contributed by atoms with E-state index in [9.17, 15) is 0 Å². The van der Waals surface area contributed by atoms with Gasteiger partial charge >= 0.3 is 0 Å². The minimum atomic E-state index is 0.570. The third-order valence-electron chi connectivity index (χ3n) is 3.39. The number of hydrogen-bond acceptors (Lipinski definition) is 2. The number of aryl methyl sites for hydroxylation is 2. The van der Waals surface area contributed by atoms with E-state index in [1.165, 1.54) is 11.1 Å². The summed E-state index contributed by atoms with van der Waals surface area (Å²) < 4.78 is 5.89. The van der Waals surface area contributed by atoms with Crippen molar-refractivity contribution in [2.75, 3.05) is 6.54 Å². The zero-order valence-corrected chi connectivity index (χ0v) is 13.6. The van der Waals surface area contributed by atoms with Gasteiger partial charge in [0, 0.05) is 11.6 Å². The highest BCUT2D eigenvalue weighted by atomic mass is 35.5. The van der Waals surface area contributed by atoms with Gasteiger partial charge in [0.2, 0.25) is 0 Å². The van der Waals surface area contributed by atoms with Crippen LogP contribution in [0.3, 0.4) is 0 Å². The Hall–Kier alpha value is -1.51. The van der Waals surface area contributed by atoms with Gasteiger partial charge in [0.25, 0.3) is 0 Å². The number of halogens is 1. The van der Waals surface area contributed by atoms with Crippen molar-refractivity contribution in [2.45, 2.75) is 33.9 Å². The Morgan fingerprint density at radius 2 is 1.71 bits per heavy atom. The van der Waals surface area contributed by atoms with Gasteiger partial charge in [0.05, 0.1) is 0 Å². The molecule has 21 heavy (non-hydrogen) atoms. The highest BCUT2D eigenvalue weighted by molar-refractivity contribution is 6.32. The molecule has 0 heterocycles. The molecule has 2 rings (SSSR count). The highest BCUT2D eigenvalue weighted by Crippen LogP contribution is 2.26. The average Bonchev–Trinajstić information content (AvgIpc) is 2.49. The van der Waals surface area contributed by atoms with Crippen molar-refractivity contribution in [3.63, 3.8) is 0 Å². The minimum Gasteiger partial charge on any atom is -0.489 e. The van der Waals surface area contributed by atoms with Gasteiger partial charge in [-0.25, -0.2) is 0 Å². The smallest absolute Gasteiger partial charge is 0.120 e. The molecule has 2 aromatic carbocycles. The summed E-state index contributed by atoms with van der Waals surface area (Å²) in [6.07, 6.45) is 0. The van der Waals surface area contributed by atoms with Crippen LogP contribution in [0, 0.1) is 13.8 Å². The molecule has 0 aromatic heterocycles. The maximum Gasteiger partial charge on any atom is 0.120 e. The van der Waals surface area contributed by atoms with E-state index in [1.807, 2.05) is 26.0 Å². The Bertz CT molecular complexity index is 587. The Labute approximate surface area is 132 Å². The van der Waals surface area contributed by atoms with E-state index < -0.39 is 0 Å². The van der Waals surface area contributed by atoms with E-state index in [0.29, 0.717) is 6.61 Å². The van der Waals surface area contributed by atoms with E-state index in [1.54, 1.807) is 0 Å². The summed E-state index contributed by atoms with van der Waals surface area (Å²) in [5.74, 6) is 0.867. The molecule has 1 N–H and O–H groups in total. The topological polar surface area (TPSA) is 21.3 Å². The van der Waals surface area contributed by atoms with Crippen LogP contribution in [0.5, 0.6) is 5.75 Å². The molecule has 0 aliphatic carbocycles. The molecule has 0 saturated carbocycles. The number of benzene rings is 2. The van der Waals surface area contributed by atoms with Crippen LogP contribution in [0.1, 0.15) is 29.2 Å². The lowest BCUT2D eigenvalue weighted by Crippen LogP contribution is -2.11. The summed E-state index contributed by atoms with van der Waals surface area (Å²) >= 11 is 6.17. The van der Waals surface area contributed by atoms with Gasteiger partial charge in [-0.1, -0.05) is 42.8 Å². The summed E-state index contributed by atoms with van der Waals surface area (Å²) in [7, 11) is 0. The quantitative estimate of drug-likeness (QED) is 0.839. The molecule has 0 spiro atoms. The fourth-order valence-corrected chi connectivity index (χ4v) is 2.36. The van der Waals surface area contributed by atoms with Gasteiger partial charge in [0.1, 0.15) is 12.4 Å². The van der Waals surface area contributed by atoms with Crippen molar-refractivity contribution in [3.8, 4) is 5.75 Å². The molecule has 0 unspecified atom stereocenters. The SMILES string of the molecule is CCNCc1cccc(COc2cc(C)c(Cl)c(C)c2)c1. The van der Waals surface area contributed by atoms with Crippen molar-refractivity contribution in [1.29, 1.82) is 0 Å². The first-order valence-electron chi connectivity index (χ1n) is 7.28. The summed E-state index contributed by atoms with van der Waals surface area (Å²) in [5, 5.41) is 4.15. The molecule has 2 aromatic rings. The van der Waals surface area contributed by atoms with Gasteiger partial charge in [0.15, 0.2) is 0 Å². The van der Waals surface area contributed by atoms with Crippen molar-refractivity contribution in [2.24, 2.45) is 0 Å². The Kier molecular flexibility index (Phi) is 5.66. The van der Waals surface area contributed by atoms with Crippen molar-refractivity contribution in [3.05, 3.63) is 63.7 Å². The number of rotatable bonds is 6. The maximum absolute atomic E-state index is 6.17. The molecular weight excluding hydrogens is 282 g/mol. The van der Waals surface area contributed by atoms with Crippen LogP contribution in [0.25, 0.3) is 0 Å². The molecule has 0 bridgehead atoms. The molecule has 0 radical (unpaired) electrons. The Morgan fingerprint density at radius 3 is 2.38 bits per heavy atom. The monoisotopic (exact) mass is 303 g/mol. The van der Waals surface area contributed by atoms with Crippen molar-refractivity contribution >= 4 is 11.6 Å². The molecule has 0 aliphatic rings. The lowest BCUT2D eigenvalue weighted by molar-refractivity contribution is 0.305. The van der Waals surface area contributed by atoms with E-state index in [2.05, 4.69) is 36.5 Å². The second-order valence-electron chi connectivity index (χ2n) is 5.26. The van der Waals surface area contributed by atoms with Gasteiger partial charge < -0.3 is 10.1 Å². The van der Waals surface area contributed by atoms with Crippen LogP contribution >= 0.6 is 11.6 Å². The zero-order valence-electron chi connectivity index (χ0n) is 12.9. The summed E-state index contributed by atoms with van der Waals surface area (Å²) in [5.41, 5.74) is 4.55. The lowest BCUT2D eigenvalue weighted by atomic mass is 10.1. The highest BCUT2D eigenvalue weighted by Gasteiger charge is 2.04. The van der Waals surface area contributed by atoms with Gasteiger partial charge in [-0.05, 0) is 54.8 Å². The largest absolute Gasteiger partial charge is 0.489 e. The van der Waals surface area contributed by atoms with Crippen LogP contribution in [0.4, 0.5) is 0 Å². The standard InChI is InChI=1S/C18H22ClNO/c1-4-20-11-15-6-5-7-16(10-15)12-21-17-8-13(2)18(19)14(3)9-17/h5-10,20H,4,11-12H2,1-3H3. The molecular formula is C18H22ClNO. The number of ether oxygens (including phenoxy) is 1. The van der Waals surface area contributed by atoms with Crippen LogP contribution in [0.2, 0.25) is 5.02 Å². The number of hydrogen-bond donors (Lipinski definition) is 1. The molecule has 112 valence electrons.